The van der Waals surface area contributed by atoms with Gasteiger partial charge in [0.15, 0.2) is 0 Å². The first-order valence-electron chi connectivity index (χ1n) is 5.65. The van der Waals surface area contributed by atoms with E-state index in [0.29, 0.717) is 22.2 Å². The second-order valence-corrected chi connectivity index (χ2v) is 4.76. The molecule has 0 aliphatic carbocycles. The summed E-state index contributed by atoms with van der Waals surface area (Å²) in [5.41, 5.74) is 2.58. The van der Waals surface area contributed by atoms with Gasteiger partial charge < -0.3 is 4.74 Å². The van der Waals surface area contributed by atoms with Crippen LogP contribution in [0.4, 0.5) is 0 Å². The fourth-order valence-electron chi connectivity index (χ4n) is 1.87. The van der Waals surface area contributed by atoms with E-state index < -0.39 is 0 Å². The van der Waals surface area contributed by atoms with Crippen LogP contribution in [0, 0.1) is 11.3 Å². The van der Waals surface area contributed by atoms with Crippen LogP contribution in [0.25, 0.3) is 11.1 Å². The molecule has 0 radical (unpaired) electrons. The molecule has 0 saturated carbocycles. The summed E-state index contributed by atoms with van der Waals surface area (Å²) >= 11 is 12.2. The van der Waals surface area contributed by atoms with Crippen LogP contribution in [0.2, 0.25) is 10.0 Å². The quantitative estimate of drug-likeness (QED) is 0.819. The van der Waals surface area contributed by atoms with Gasteiger partial charge in [-0.05, 0) is 17.7 Å². The monoisotopic (exact) mass is 291 g/mol. The van der Waals surface area contributed by atoms with Gasteiger partial charge in [-0.25, -0.2) is 0 Å². The Labute approximate surface area is 122 Å². The molecular weight excluding hydrogens is 281 g/mol. The van der Waals surface area contributed by atoms with E-state index in [0.717, 1.165) is 16.7 Å². The molecule has 0 aliphatic heterocycles. The van der Waals surface area contributed by atoms with Gasteiger partial charge in [-0.3, -0.25) is 0 Å². The number of halogens is 2. The second-order valence-electron chi connectivity index (χ2n) is 3.97. The van der Waals surface area contributed by atoms with Crippen LogP contribution >= 0.6 is 23.2 Å². The molecule has 0 heterocycles. The average molecular weight is 292 g/mol. The third-order valence-electron chi connectivity index (χ3n) is 2.79. The van der Waals surface area contributed by atoms with Crippen molar-refractivity contribution in [3.63, 3.8) is 0 Å². The summed E-state index contributed by atoms with van der Waals surface area (Å²) in [6, 6.07) is 13.2. The molecule has 4 heteroatoms. The molecule has 0 bridgehead atoms. The number of hydrogen-bond acceptors (Lipinski definition) is 2. The van der Waals surface area contributed by atoms with Crippen molar-refractivity contribution >= 4 is 23.2 Å². The van der Waals surface area contributed by atoms with E-state index in [1.165, 1.54) is 0 Å². The summed E-state index contributed by atoms with van der Waals surface area (Å²) in [6.45, 7) is 0. The lowest BCUT2D eigenvalue weighted by molar-refractivity contribution is 0.416. The average Bonchev–Trinajstić information content (AvgIpc) is 2.42. The fourth-order valence-corrected chi connectivity index (χ4v) is 2.27. The van der Waals surface area contributed by atoms with Crippen molar-refractivity contribution in [2.45, 2.75) is 6.42 Å². The van der Waals surface area contributed by atoms with Crippen LogP contribution in [-0.4, -0.2) is 7.11 Å². The van der Waals surface area contributed by atoms with E-state index in [1.807, 2.05) is 30.3 Å². The predicted molar refractivity (Wildman–Crippen MR) is 77.8 cm³/mol. The van der Waals surface area contributed by atoms with E-state index in [1.54, 1.807) is 13.2 Å². The molecule has 2 nitrogen and oxygen atoms in total. The smallest absolute Gasteiger partial charge is 0.127 e. The highest BCUT2D eigenvalue weighted by Gasteiger charge is 2.12. The maximum atomic E-state index is 8.72. The first-order chi connectivity index (χ1) is 9.17. The van der Waals surface area contributed by atoms with Crippen LogP contribution in [0.1, 0.15) is 5.56 Å². The zero-order valence-corrected chi connectivity index (χ0v) is 11.8. The number of ether oxygens (including phenoxy) is 1. The number of nitrogens with zero attached hydrogens (tertiary/aromatic N) is 1. The van der Waals surface area contributed by atoms with Gasteiger partial charge in [-0.15, -0.1) is 0 Å². The van der Waals surface area contributed by atoms with Crippen molar-refractivity contribution in [3.8, 4) is 22.9 Å². The van der Waals surface area contributed by atoms with Crippen molar-refractivity contribution in [2.75, 3.05) is 7.11 Å². The highest BCUT2D eigenvalue weighted by atomic mass is 35.5. The van der Waals surface area contributed by atoms with Gasteiger partial charge in [0.2, 0.25) is 0 Å². The minimum Gasteiger partial charge on any atom is -0.496 e. The third kappa shape index (κ3) is 2.84. The van der Waals surface area contributed by atoms with Crippen LogP contribution in [0.5, 0.6) is 5.75 Å². The number of nitriles is 1. The van der Waals surface area contributed by atoms with Gasteiger partial charge in [0.25, 0.3) is 0 Å². The van der Waals surface area contributed by atoms with E-state index in [2.05, 4.69) is 6.07 Å². The summed E-state index contributed by atoms with van der Waals surface area (Å²) in [6.07, 6.45) is 0.347. The van der Waals surface area contributed by atoms with Crippen molar-refractivity contribution in [2.24, 2.45) is 0 Å². The van der Waals surface area contributed by atoms with Crippen LogP contribution in [0.3, 0.4) is 0 Å². The maximum Gasteiger partial charge on any atom is 0.127 e. The highest BCUT2D eigenvalue weighted by molar-refractivity contribution is 6.43. The Hall–Kier alpha value is -1.69. The Morgan fingerprint density at radius 1 is 1.16 bits per heavy atom. The Kier molecular flexibility index (Phi) is 4.31. The summed E-state index contributed by atoms with van der Waals surface area (Å²) in [5, 5.41) is 9.72. The summed E-state index contributed by atoms with van der Waals surface area (Å²) < 4.78 is 5.37. The molecule has 0 spiro atoms. The van der Waals surface area contributed by atoms with Crippen LogP contribution < -0.4 is 4.74 Å². The van der Waals surface area contributed by atoms with Gasteiger partial charge in [-0.2, -0.15) is 5.26 Å². The first kappa shape index (κ1) is 13.7. The van der Waals surface area contributed by atoms with E-state index >= 15 is 0 Å². The van der Waals surface area contributed by atoms with Crippen molar-refractivity contribution in [3.05, 3.63) is 52.0 Å². The zero-order valence-electron chi connectivity index (χ0n) is 10.3. The van der Waals surface area contributed by atoms with Gasteiger partial charge in [0, 0.05) is 11.1 Å². The van der Waals surface area contributed by atoms with Gasteiger partial charge in [-0.1, -0.05) is 47.5 Å². The van der Waals surface area contributed by atoms with Gasteiger partial charge >= 0.3 is 0 Å². The Morgan fingerprint density at radius 2 is 1.95 bits per heavy atom. The summed E-state index contributed by atoms with van der Waals surface area (Å²) in [5.74, 6) is 0.678. The van der Waals surface area contributed by atoms with E-state index in [-0.39, 0.29) is 0 Å². The lowest BCUT2D eigenvalue weighted by Gasteiger charge is -2.12. The Balaban J connectivity index is 2.56. The predicted octanol–water partition coefficient (Wildman–Crippen LogP) is 4.74. The third-order valence-corrected chi connectivity index (χ3v) is 3.61. The fraction of sp³-hybridized carbons (Fsp3) is 0.133. The van der Waals surface area contributed by atoms with E-state index in [9.17, 15) is 0 Å². The molecule has 0 saturated heterocycles. The molecule has 0 fully saturated rings. The molecule has 2 aromatic rings. The highest BCUT2D eigenvalue weighted by Crippen LogP contribution is 2.38. The molecule has 2 aromatic carbocycles. The van der Waals surface area contributed by atoms with Crippen molar-refractivity contribution < 1.29 is 4.74 Å². The standard InChI is InChI=1S/C15H11Cl2NO/c1-19-14-9-10(7-8-18)5-6-11(14)12-3-2-4-13(16)15(12)17/h2-6,9H,7H2,1H3. The molecule has 0 aromatic heterocycles. The second kappa shape index (κ2) is 5.97. The normalized spacial score (nSPS) is 10.0. The van der Waals surface area contributed by atoms with Crippen molar-refractivity contribution in [1.82, 2.24) is 0 Å². The molecule has 19 heavy (non-hydrogen) atoms. The van der Waals surface area contributed by atoms with Crippen LogP contribution in [0.15, 0.2) is 36.4 Å². The zero-order chi connectivity index (χ0) is 13.8. The number of hydrogen-bond donors (Lipinski definition) is 0. The number of benzene rings is 2. The number of methoxy groups -OCH3 is 1. The lowest BCUT2D eigenvalue weighted by atomic mass is 10.0. The number of rotatable bonds is 3. The van der Waals surface area contributed by atoms with Gasteiger partial charge in [0.1, 0.15) is 5.75 Å². The lowest BCUT2D eigenvalue weighted by Crippen LogP contribution is -1.91. The van der Waals surface area contributed by atoms with E-state index in [4.69, 9.17) is 33.2 Å². The summed E-state index contributed by atoms with van der Waals surface area (Å²) in [7, 11) is 1.59. The molecular formula is C15H11Cl2NO. The SMILES string of the molecule is COc1cc(CC#N)ccc1-c1cccc(Cl)c1Cl. The molecule has 2 rings (SSSR count). The molecule has 0 atom stereocenters. The van der Waals surface area contributed by atoms with Gasteiger partial charge in [0.05, 0.1) is 29.6 Å². The molecule has 0 N–H and O–H groups in total. The molecule has 0 unspecified atom stereocenters. The first-order valence-corrected chi connectivity index (χ1v) is 6.41. The Bertz CT molecular complexity index is 647. The topological polar surface area (TPSA) is 33.0 Å². The Morgan fingerprint density at radius 3 is 2.63 bits per heavy atom. The maximum absolute atomic E-state index is 8.72. The minimum atomic E-state index is 0.347. The van der Waals surface area contributed by atoms with Crippen molar-refractivity contribution in [1.29, 1.82) is 5.26 Å². The largest absolute Gasteiger partial charge is 0.496 e. The van der Waals surface area contributed by atoms with Crippen LogP contribution in [-0.2, 0) is 6.42 Å². The molecule has 96 valence electrons. The summed E-state index contributed by atoms with van der Waals surface area (Å²) in [4.78, 5) is 0. The molecule has 0 amide bonds. The minimum absolute atomic E-state index is 0.347. The molecule has 0 aliphatic rings.